The summed E-state index contributed by atoms with van der Waals surface area (Å²) in [6.45, 7) is 1.89. The summed E-state index contributed by atoms with van der Waals surface area (Å²) in [5, 5.41) is 3.11. The number of halogens is 1. The largest absolute Gasteiger partial charge is 0.323 e. The second-order valence-electron chi connectivity index (χ2n) is 7.22. The monoisotopic (exact) mass is 486 g/mol. The summed E-state index contributed by atoms with van der Waals surface area (Å²) in [5.74, 6) is -0.522. The number of sulfonamides is 1. The van der Waals surface area contributed by atoms with Crippen LogP contribution in [0.25, 0.3) is 11.0 Å². The average Bonchev–Trinajstić information content (AvgIpc) is 3.24. The fourth-order valence-electron chi connectivity index (χ4n) is 3.23. The fourth-order valence-corrected chi connectivity index (χ4v) is 5.47. The Hall–Kier alpha value is -2.85. The first kappa shape index (κ1) is 22.3. The van der Waals surface area contributed by atoms with Crippen molar-refractivity contribution in [1.29, 1.82) is 0 Å². The van der Waals surface area contributed by atoms with E-state index in [0.717, 1.165) is 22.9 Å². The van der Waals surface area contributed by atoms with Gasteiger partial charge in [-0.3, -0.25) is 4.79 Å². The van der Waals surface area contributed by atoms with Gasteiger partial charge in [0.25, 0.3) is 0 Å². The minimum absolute atomic E-state index is 0.0250. The molecule has 4 aromatic rings. The Kier molecular flexibility index (Phi) is 6.52. The van der Waals surface area contributed by atoms with Crippen LogP contribution in [0.2, 0.25) is 5.02 Å². The summed E-state index contributed by atoms with van der Waals surface area (Å²) in [6.07, 6.45) is 0.153. The smallest absolute Gasteiger partial charge is 0.243 e. The Morgan fingerprint density at radius 2 is 1.84 bits per heavy atom. The van der Waals surface area contributed by atoms with E-state index in [0.29, 0.717) is 16.2 Å². The number of hydrogen-bond donors (Lipinski definition) is 2. The van der Waals surface area contributed by atoms with Crippen molar-refractivity contribution >= 4 is 56.0 Å². The molecule has 1 amide bonds. The van der Waals surface area contributed by atoms with Gasteiger partial charge in [0, 0.05) is 0 Å². The van der Waals surface area contributed by atoms with Gasteiger partial charge in [-0.05, 0) is 48.7 Å². The van der Waals surface area contributed by atoms with Crippen LogP contribution in [0, 0.1) is 6.92 Å². The van der Waals surface area contributed by atoms with Crippen molar-refractivity contribution in [3.8, 4) is 0 Å². The molecule has 0 fully saturated rings. The van der Waals surface area contributed by atoms with Gasteiger partial charge in [-0.25, -0.2) is 8.42 Å². The van der Waals surface area contributed by atoms with Crippen LogP contribution in [0.3, 0.4) is 0 Å². The third-order valence-electron chi connectivity index (χ3n) is 4.82. The highest BCUT2D eigenvalue weighted by Crippen LogP contribution is 2.24. The number of aromatic nitrogens is 2. The molecule has 1 unspecified atom stereocenters. The lowest BCUT2D eigenvalue weighted by Gasteiger charge is -2.19. The number of fused-ring (bicyclic) bond motifs is 1. The highest BCUT2D eigenvalue weighted by atomic mass is 35.5. The van der Waals surface area contributed by atoms with Gasteiger partial charge in [-0.15, -0.1) is 0 Å². The van der Waals surface area contributed by atoms with Crippen molar-refractivity contribution < 1.29 is 13.2 Å². The number of carbonyl (C=O) groups is 1. The van der Waals surface area contributed by atoms with Crippen molar-refractivity contribution in [1.82, 2.24) is 13.5 Å². The maximum Gasteiger partial charge on any atom is 0.243 e. The van der Waals surface area contributed by atoms with E-state index < -0.39 is 22.0 Å². The van der Waals surface area contributed by atoms with E-state index in [-0.39, 0.29) is 16.8 Å². The minimum Gasteiger partial charge on any atom is -0.323 e. The Bertz CT molecular complexity index is 1370. The van der Waals surface area contributed by atoms with Crippen LogP contribution >= 0.6 is 23.3 Å². The second kappa shape index (κ2) is 9.33. The SMILES string of the molecule is Cc1ccc(NC(=O)C(Cc2ccccc2)NS(=O)(=O)c2cccc3nsnc23)c(Cl)c1. The normalized spacial score (nSPS) is 12.6. The number of carbonyl (C=O) groups excluding carboxylic acids is 1. The number of anilines is 1. The summed E-state index contributed by atoms with van der Waals surface area (Å²) in [7, 11) is -4.07. The van der Waals surface area contributed by atoms with E-state index in [9.17, 15) is 13.2 Å². The van der Waals surface area contributed by atoms with Crippen LogP contribution in [0.1, 0.15) is 11.1 Å². The van der Waals surface area contributed by atoms with Crippen molar-refractivity contribution in [2.45, 2.75) is 24.3 Å². The zero-order chi connectivity index (χ0) is 22.7. The molecule has 0 radical (unpaired) electrons. The molecule has 7 nitrogen and oxygen atoms in total. The van der Waals surface area contributed by atoms with Gasteiger partial charge in [0.05, 0.1) is 22.4 Å². The predicted octanol–water partition coefficient (Wildman–Crippen LogP) is 4.18. The third-order valence-corrected chi connectivity index (χ3v) is 7.18. The van der Waals surface area contributed by atoms with Gasteiger partial charge in [-0.1, -0.05) is 54.1 Å². The van der Waals surface area contributed by atoms with Gasteiger partial charge in [0.1, 0.15) is 22.0 Å². The van der Waals surface area contributed by atoms with Crippen molar-refractivity contribution in [3.63, 3.8) is 0 Å². The lowest BCUT2D eigenvalue weighted by atomic mass is 10.1. The van der Waals surface area contributed by atoms with E-state index in [1.165, 1.54) is 6.07 Å². The first-order valence-electron chi connectivity index (χ1n) is 9.68. The molecule has 0 bridgehead atoms. The molecule has 0 aliphatic rings. The van der Waals surface area contributed by atoms with Crippen molar-refractivity contribution in [3.05, 3.63) is 82.9 Å². The number of amides is 1. The molecular formula is C22H19ClN4O3S2. The maximum absolute atomic E-state index is 13.2. The van der Waals surface area contributed by atoms with Crippen LogP contribution in [-0.2, 0) is 21.2 Å². The fraction of sp³-hybridized carbons (Fsp3) is 0.136. The number of rotatable bonds is 7. The topological polar surface area (TPSA) is 101 Å². The number of nitrogens with zero attached hydrogens (tertiary/aromatic N) is 2. The third kappa shape index (κ3) is 4.97. The molecule has 1 aromatic heterocycles. The Morgan fingerprint density at radius 3 is 2.59 bits per heavy atom. The minimum atomic E-state index is -4.07. The zero-order valence-electron chi connectivity index (χ0n) is 16.9. The molecule has 4 rings (SSSR count). The quantitative estimate of drug-likeness (QED) is 0.408. The molecule has 0 saturated heterocycles. The van der Waals surface area contributed by atoms with Crippen LogP contribution in [0.5, 0.6) is 0 Å². The zero-order valence-corrected chi connectivity index (χ0v) is 19.3. The average molecular weight is 487 g/mol. The molecule has 32 heavy (non-hydrogen) atoms. The molecular weight excluding hydrogens is 468 g/mol. The molecule has 1 heterocycles. The van der Waals surface area contributed by atoms with Gasteiger partial charge < -0.3 is 5.32 Å². The van der Waals surface area contributed by atoms with E-state index in [1.54, 1.807) is 24.3 Å². The second-order valence-corrected chi connectivity index (χ2v) is 9.84. The maximum atomic E-state index is 13.2. The van der Waals surface area contributed by atoms with Gasteiger partial charge in [0.15, 0.2) is 0 Å². The van der Waals surface area contributed by atoms with Crippen LogP contribution < -0.4 is 10.0 Å². The van der Waals surface area contributed by atoms with Crippen LogP contribution in [0.15, 0.2) is 71.6 Å². The lowest BCUT2D eigenvalue weighted by molar-refractivity contribution is -0.117. The van der Waals surface area contributed by atoms with E-state index in [2.05, 4.69) is 18.8 Å². The molecule has 2 N–H and O–H groups in total. The molecule has 0 saturated carbocycles. The molecule has 10 heteroatoms. The molecule has 164 valence electrons. The summed E-state index contributed by atoms with van der Waals surface area (Å²) in [5.41, 5.74) is 2.91. The summed E-state index contributed by atoms with van der Waals surface area (Å²) >= 11 is 7.18. The number of hydrogen-bond acceptors (Lipinski definition) is 6. The van der Waals surface area contributed by atoms with Gasteiger partial charge in [0.2, 0.25) is 15.9 Å². The highest BCUT2D eigenvalue weighted by molar-refractivity contribution is 7.89. The summed E-state index contributed by atoms with van der Waals surface area (Å²) in [6, 6.07) is 18.0. The Labute approximate surface area is 194 Å². The highest BCUT2D eigenvalue weighted by Gasteiger charge is 2.28. The summed E-state index contributed by atoms with van der Waals surface area (Å²) in [4.78, 5) is 13.1. The molecule has 0 aliphatic carbocycles. The predicted molar refractivity (Wildman–Crippen MR) is 126 cm³/mol. The van der Waals surface area contributed by atoms with Crippen molar-refractivity contribution in [2.75, 3.05) is 5.32 Å². The van der Waals surface area contributed by atoms with Gasteiger partial charge >= 0.3 is 0 Å². The number of benzene rings is 3. The molecule has 0 spiro atoms. The molecule has 3 aromatic carbocycles. The standard InChI is InChI=1S/C22H19ClN4O3S2/c1-14-10-11-17(16(23)12-14)24-22(28)19(13-15-6-3-2-4-7-15)27-32(29,30)20-9-5-8-18-21(20)26-31-25-18/h2-12,19,27H,13H2,1H3,(H,24,28). The number of aryl methyl sites for hydroxylation is 1. The van der Waals surface area contributed by atoms with Crippen LogP contribution in [-0.4, -0.2) is 29.1 Å². The lowest BCUT2D eigenvalue weighted by Crippen LogP contribution is -2.45. The molecule has 1 atom stereocenters. The van der Waals surface area contributed by atoms with Crippen molar-refractivity contribution in [2.24, 2.45) is 0 Å². The Morgan fingerprint density at radius 1 is 1.06 bits per heavy atom. The van der Waals surface area contributed by atoms with E-state index in [4.69, 9.17) is 11.6 Å². The Balaban J connectivity index is 1.66. The first-order chi connectivity index (χ1) is 15.3. The van der Waals surface area contributed by atoms with Crippen LogP contribution in [0.4, 0.5) is 5.69 Å². The van der Waals surface area contributed by atoms with E-state index in [1.807, 2.05) is 43.3 Å². The van der Waals surface area contributed by atoms with E-state index >= 15 is 0 Å². The first-order valence-corrected chi connectivity index (χ1v) is 12.3. The molecule has 0 aliphatic heterocycles. The number of nitrogens with one attached hydrogen (secondary N) is 2. The summed E-state index contributed by atoms with van der Waals surface area (Å²) < 4.78 is 37.2. The van der Waals surface area contributed by atoms with Gasteiger partial charge in [-0.2, -0.15) is 13.5 Å².